The van der Waals surface area contributed by atoms with Crippen molar-refractivity contribution in [1.82, 2.24) is 0 Å². The van der Waals surface area contributed by atoms with E-state index in [1.165, 1.54) is 0 Å². The second-order valence-electron chi connectivity index (χ2n) is 4.78. The lowest BCUT2D eigenvalue weighted by atomic mass is 10.1. The van der Waals surface area contributed by atoms with E-state index in [4.69, 9.17) is 4.74 Å². The number of amides is 1. The van der Waals surface area contributed by atoms with Gasteiger partial charge in [-0.1, -0.05) is 19.8 Å². The van der Waals surface area contributed by atoms with E-state index in [9.17, 15) is 14.7 Å². The third-order valence-electron chi connectivity index (χ3n) is 3.27. The van der Waals surface area contributed by atoms with Crippen LogP contribution in [0.15, 0.2) is 22.1 Å². The number of hydrogen-bond acceptors (Lipinski definition) is 4. The fraction of sp³-hybridized carbons (Fsp3) is 0.467. The molecule has 1 N–H and O–H groups in total. The Hall–Kier alpha value is -2.24. The molecule has 1 atom stereocenters. The van der Waals surface area contributed by atoms with Gasteiger partial charge in [0.2, 0.25) is 0 Å². The molecule has 0 aromatic heterocycles. The number of rotatable bonds is 6. The highest BCUT2D eigenvalue weighted by molar-refractivity contribution is 5.92. The molecule has 1 aliphatic heterocycles. The van der Waals surface area contributed by atoms with E-state index < -0.39 is 12.0 Å². The Labute approximate surface area is 122 Å². The van der Waals surface area contributed by atoms with Crippen molar-refractivity contribution in [3.8, 4) is 5.75 Å². The summed E-state index contributed by atoms with van der Waals surface area (Å²) in [6.45, 7) is 4.14. The second-order valence-corrected chi connectivity index (χ2v) is 4.78. The second kappa shape index (κ2) is 6.47. The molecule has 0 fully saturated rings. The number of benzene rings is 1. The summed E-state index contributed by atoms with van der Waals surface area (Å²) >= 11 is 0. The number of fused-ring (bicyclic) bond motifs is 1. The number of carboxylic acid groups (broad SMARTS) is 1. The van der Waals surface area contributed by atoms with Gasteiger partial charge < -0.3 is 9.84 Å². The molecule has 1 aliphatic rings. The summed E-state index contributed by atoms with van der Waals surface area (Å²) in [5.74, 6) is -1.34. The third-order valence-corrected chi connectivity index (χ3v) is 3.27. The van der Waals surface area contributed by atoms with Crippen molar-refractivity contribution in [1.29, 1.82) is 0 Å². The van der Waals surface area contributed by atoms with Gasteiger partial charge in [-0.2, -0.15) is 0 Å². The molecule has 1 unspecified atom stereocenters. The van der Waals surface area contributed by atoms with Crippen LogP contribution in [0.4, 0.5) is 0 Å². The summed E-state index contributed by atoms with van der Waals surface area (Å²) in [5, 5.41) is 9.89. The summed E-state index contributed by atoms with van der Waals surface area (Å²) in [6.07, 6.45) is 2.48. The quantitative estimate of drug-likeness (QED) is 0.850. The van der Waals surface area contributed by atoms with Crippen molar-refractivity contribution in [2.45, 2.75) is 39.2 Å². The van der Waals surface area contributed by atoms with E-state index in [0.717, 1.165) is 12.8 Å². The molecule has 1 aromatic rings. The number of unbranched alkanes of at least 4 members (excludes halogenated alkanes) is 1. The van der Waals surface area contributed by atoms with Crippen molar-refractivity contribution in [2.75, 3.05) is 6.61 Å². The average Bonchev–Trinajstić information content (AvgIpc) is 2.45. The van der Waals surface area contributed by atoms with Gasteiger partial charge in [-0.25, -0.2) is 9.79 Å². The maximum Gasteiger partial charge on any atom is 0.341 e. The predicted octanol–water partition coefficient (Wildman–Crippen LogP) is 1.12. The highest BCUT2D eigenvalue weighted by Gasteiger charge is 2.23. The first-order valence-electron chi connectivity index (χ1n) is 7.08. The first kappa shape index (κ1) is 15.2. The first-order chi connectivity index (χ1) is 10.1. The van der Waals surface area contributed by atoms with Crippen LogP contribution >= 0.6 is 0 Å². The fourth-order valence-electron chi connectivity index (χ4n) is 2.25. The fourth-order valence-corrected chi connectivity index (χ4v) is 2.25. The van der Waals surface area contributed by atoms with Gasteiger partial charge in [0.1, 0.15) is 22.7 Å². The molecule has 0 saturated carbocycles. The van der Waals surface area contributed by atoms with Crippen molar-refractivity contribution < 1.29 is 19.4 Å². The topological polar surface area (TPSA) is 88.3 Å². The normalized spacial score (nSPS) is 16.7. The van der Waals surface area contributed by atoms with Crippen LogP contribution in [0.3, 0.4) is 0 Å². The van der Waals surface area contributed by atoms with Crippen LogP contribution < -0.4 is 15.5 Å². The molecular formula is C15H18N2O4. The maximum atomic E-state index is 12.0. The summed E-state index contributed by atoms with van der Waals surface area (Å²) < 4.78 is 5.30. The van der Waals surface area contributed by atoms with Gasteiger partial charge in [-0.15, -0.1) is 0 Å². The van der Waals surface area contributed by atoms with Crippen molar-refractivity contribution in [3.05, 3.63) is 28.4 Å². The molecule has 21 heavy (non-hydrogen) atoms. The monoisotopic (exact) mass is 290 g/mol. The molecule has 1 aromatic carbocycles. The van der Waals surface area contributed by atoms with E-state index in [2.05, 4.69) is 9.98 Å². The van der Waals surface area contributed by atoms with Gasteiger partial charge in [0, 0.05) is 0 Å². The van der Waals surface area contributed by atoms with Crippen LogP contribution in [0.2, 0.25) is 0 Å². The number of nitrogens with zero attached hydrogens (tertiary/aromatic N) is 2. The molecular weight excluding hydrogens is 272 g/mol. The van der Waals surface area contributed by atoms with Gasteiger partial charge in [-0.3, -0.25) is 9.79 Å². The van der Waals surface area contributed by atoms with Crippen LogP contribution in [-0.4, -0.2) is 29.6 Å². The smallest absolute Gasteiger partial charge is 0.341 e. The minimum Gasteiger partial charge on any atom is -0.493 e. The number of carbonyl (C=O) groups is 2. The Morgan fingerprint density at radius 3 is 2.76 bits per heavy atom. The molecule has 6 nitrogen and oxygen atoms in total. The summed E-state index contributed by atoms with van der Waals surface area (Å²) in [6, 6.07) is 2.72. The van der Waals surface area contributed by atoms with Crippen molar-refractivity contribution >= 4 is 11.9 Å². The molecule has 0 aliphatic carbocycles. The first-order valence-corrected chi connectivity index (χ1v) is 7.08. The average molecular weight is 290 g/mol. The molecule has 1 amide bonds. The van der Waals surface area contributed by atoms with Crippen LogP contribution in [0, 0.1) is 0 Å². The number of carboxylic acids is 1. The van der Waals surface area contributed by atoms with Crippen LogP contribution in [0.5, 0.6) is 5.75 Å². The van der Waals surface area contributed by atoms with E-state index >= 15 is 0 Å². The molecule has 0 bridgehead atoms. The largest absolute Gasteiger partial charge is 0.493 e. The molecule has 0 saturated heterocycles. The highest BCUT2D eigenvalue weighted by atomic mass is 16.5. The van der Waals surface area contributed by atoms with Gasteiger partial charge >= 0.3 is 5.97 Å². The zero-order valence-corrected chi connectivity index (χ0v) is 12.1. The van der Waals surface area contributed by atoms with E-state index in [1.807, 2.05) is 6.92 Å². The van der Waals surface area contributed by atoms with Crippen LogP contribution in [0.25, 0.3) is 0 Å². The van der Waals surface area contributed by atoms with E-state index in [0.29, 0.717) is 18.4 Å². The van der Waals surface area contributed by atoms with Crippen LogP contribution in [0.1, 0.15) is 43.5 Å². The molecule has 0 spiro atoms. The van der Waals surface area contributed by atoms with E-state index in [-0.39, 0.29) is 22.6 Å². The lowest BCUT2D eigenvalue weighted by molar-refractivity contribution is -0.119. The molecule has 0 radical (unpaired) electrons. The molecule has 112 valence electrons. The summed E-state index contributed by atoms with van der Waals surface area (Å²) in [4.78, 5) is 31.7. The number of ether oxygens (including phenoxy) is 1. The Morgan fingerprint density at radius 1 is 1.38 bits per heavy atom. The lowest BCUT2D eigenvalue weighted by Gasteiger charge is -2.13. The lowest BCUT2D eigenvalue weighted by Crippen LogP contribution is -2.40. The number of hydrogen-bond donors (Lipinski definition) is 1. The Morgan fingerprint density at radius 2 is 2.14 bits per heavy atom. The standard InChI is InChI=1S/C15H18N2O4/c1-3-5-6-10-14(18)17-13-9(16-10)7-8-11(21-4-2)12(13)15(19)20/h7-8,10H,3-6H2,1-2H3,(H,19,20). The van der Waals surface area contributed by atoms with Gasteiger partial charge in [0.15, 0.2) is 0 Å². The number of carbonyl (C=O) groups excluding carboxylic acids is 1. The van der Waals surface area contributed by atoms with E-state index in [1.54, 1.807) is 19.1 Å². The third kappa shape index (κ3) is 3.09. The number of aromatic carboxylic acids is 1. The zero-order valence-electron chi connectivity index (χ0n) is 12.1. The Balaban J connectivity index is 2.57. The van der Waals surface area contributed by atoms with Gasteiger partial charge in [-0.05, 0) is 25.5 Å². The van der Waals surface area contributed by atoms with Gasteiger partial charge in [0.25, 0.3) is 5.91 Å². The van der Waals surface area contributed by atoms with Gasteiger partial charge in [0.05, 0.1) is 12.0 Å². The summed E-state index contributed by atoms with van der Waals surface area (Å²) in [5.41, 5.74) is -0.0969. The minimum atomic E-state index is -1.17. The SMILES string of the molecule is CCCCC1N=c2ccc(OCC)c(C(=O)O)c2=NC1=O. The molecule has 2 rings (SSSR count). The minimum absolute atomic E-state index is 0.0969. The Kier molecular flexibility index (Phi) is 4.67. The Bertz CT molecular complexity index is 682. The molecule has 6 heteroatoms. The van der Waals surface area contributed by atoms with Crippen LogP contribution in [-0.2, 0) is 4.79 Å². The molecule has 1 heterocycles. The van der Waals surface area contributed by atoms with Crippen molar-refractivity contribution in [3.63, 3.8) is 0 Å². The predicted molar refractivity (Wildman–Crippen MR) is 75.2 cm³/mol. The summed E-state index contributed by atoms with van der Waals surface area (Å²) in [7, 11) is 0. The highest BCUT2D eigenvalue weighted by Crippen LogP contribution is 2.14. The van der Waals surface area contributed by atoms with Crippen molar-refractivity contribution in [2.24, 2.45) is 9.98 Å². The maximum absolute atomic E-state index is 12.0. The zero-order chi connectivity index (χ0) is 15.4.